The van der Waals surface area contributed by atoms with Gasteiger partial charge in [0.25, 0.3) is 21.8 Å². The van der Waals surface area contributed by atoms with E-state index in [2.05, 4.69) is 15.8 Å². The summed E-state index contributed by atoms with van der Waals surface area (Å²) in [5.74, 6) is -0.547. The van der Waals surface area contributed by atoms with E-state index in [0.717, 1.165) is 4.31 Å². The van der Waals surface area contributed by atoms with E-state index in [4.69, 9.17) is 27.9 Å². The van der Waals surface area contributed by atoms with Crippen LogP contribution in [0.4, 0.5) is 11.4 Å². The summed E-state index contributed by atoms with van der Waals surface area (Å²) in [6.45, 7) is 0.999. The van der Waals surface area contributed by atoms with Crippen LogP contribution in [0.1, 0.15) is 11.1 Å². The van der Waals surface area contributed by atoms with Gasteiger partial charge in [-0.25, -0.2) is 13.8 Å². The molecule has 0 aliphatic heterocycles. The number of aryl methyl sites for hydroxylation is 1. The number of hydrogen-bond donors (Lipinski definition) is 2. The van der Waals surface area contributed by atoms with Crippen molar-refractivity contribution in [3.8, 4) is 5.75 Å². The van der Waals surface area contributed by atoms with Gasteiger partial charge < -0.3 is 10.1 Å². The maximum absolute atomic E-state index is 13.5. The zero-order chi connectivity index (χ0) is 30.1. The maximum atomic E-state index is 13.5. The van der Waals surface area contributed by atoms with Gasteiger partial charge in [-0.1, -0.05) is 53.5 Å². The lowest BCUT2D eigenvalue weighted by Crippen LogP contribution is -2.40. The van der Waals surface area contributed by atoms with Crippen LogP contribution in [0.3, 0.4) is 0 Å². The van der Waals surface area contributed by atoms with Crippen molar-refractivity contribution in [2.24, 2.45) is 5.10 Å². The Hall–Kier alpha value is -4.38. The second-order valence-corrected chi connectivity index (χ2v) is 11.7. The molecular formula is C30H26Cl2N4O5S. The number of nitrogens with one attached hydrogen (secondary N) is 2. The second-order valence-electron chi connectivity index (χ2n) is 8.96. The van der Waals surface area contributed by atoms with Crippen LogP contribution in [0.5, 0.6) is 5.75 Å². The molecule has 2 N–H and O–H groups in total. The van der Waals surface area contributed by atoms with Gasteiger partial charge in [0.15, 0.2) is 6.61 Å². The average Bonchev–Trinajstić information content (AvgIpc) is 2.97. The number of amides is 2. The number of halogens is 2. The third-order valence-electron chi connectivity index (χ3n) is 5.82. The van der Waals surface area contributed by atoms with E-state index in [-0.39, 0.29) is 23.1 Å². The Bertz CT molecular complexity index is 1700. The summed E-state index contributed by atoms with van der Waals surface area (Å²) in [4.78, 5) is 25.0. The molecule has 0 aliphatic carbocycles. The van der Waals surface area contributed by atoms with Gasteiger partial charge in [-0.3, -0.25) is 13.9 Å². The standard InChI is InChI=1S/C30H26Cl2N4O5S/c1-21-10-13-24(32)17-28(21)36(42(39,40)27-8-3-2-4-9-27)19-29(37)35-33-18-22-11-14-26(15-12-22)41-20-30(38)34-25-7-5-6-23(31)16-25/h2-18H,19-20H2,1H3,(H,34,38)(H,35,37)/b33-18-. The SMILES string of the molecule is Cc1ccc(Cl)cc1N(CC(=O)N/N=C\c1ccc(OCC(=O)Nc2cccc(Cl)c2)cc1)S(=O)(=O)c1ccccc1. The second kappa shape index (κ2) is 14.0. The first-order valence-electron chi connectivity index (χ1n) is 12.6. The molecule has 0 spiro atoms. The van der Waals surface area contributed by atoms with E-state index in [9.17, 15) is 18.0 Å². The van der Waals surface area contributed by atoms with Gasteiger partial charge in [-0.05, 0) is 84.8 Å². The van der Waals surface area contributed by atoms with E-state index >= 15 is 0 Å². The number of anilines is 2. The van der Waals surface area contributed by atoms with Gasteiger partial charge in [-0.2, -0.15) is 5.10 Å². The van der Waals surface area contributed by atoms with Crippen molar-refractivity contribution in [2.45, 2.75) is 11.8 Å². The predicted molar refractivity (Wildman–Crippen MR) is 165 cm³/mol. The largest absolute Gasteiger partial charge is 0.484 e. The fourth-order valence-electron chi connectivity index (χ4n) is 3.78. The smallest absolute Gasteiger partial charge is 0.264 e. The lowest BCUT2D eigenvalue weighted by molar-refractivity contribution is -0.119. The molecule has 4 aromatic carbocycles. The molecule has 4 rings (SSSR count). The fraction of sp³-hybridized carbons (Fsp3) is 0.100. The molecule has 0 radical (unpaired) electrons. The molecule has 0 unspecified atom stereocenters. The number of hydrazone groups is 1. The number of hydrogen-bond acceptors (Lipinski definition) is 6. The Morgan fingerprint density at radius 3 is 2.31 bits per heavy atom. The summed E-state index contributed by atoms with van der Waals surface area (Å²) in [6.07, 6.45) is 1.40. The van der Waals surface area contributed by atoms with Crippen LogP contribution in [-0.2, 0) is 19.6 Å². The van der Waals surface area contributed by atoms with Gasteiger partial charge in [-0.15, -0.1) is 0 Å². The number of benzene rings is 4. The van der Waals surface area contributed by atoms with E-state index in [1.165, 1.54) is 24.4 Å². The zero-order valence-electron chi connectivity index (χ0n) is 22.3. The molecule has 0 aliphatic rings. The van der Waals surface area contributed by atoms with Crippen molar-refractivity contribution >= 4 is 62.6 Å². The summed E-state index contributed by atoms with van der Waals surface area (Å²) < 4.78 is 33.5. The third kappa shape index (κ3) is 8.32. The van der Waals surface area contributed by atoms with Crippen LogP contribution < -0.4 is 19.8 Å². The minimum Gasteiger partial charge on any atom is -0.484 e. The first-order chi connectivity index (χ1) is 20.1. The highest BCUT2D eigenvalue weighted by Crippen LogP contribution is 2.29. The minimum atomic E-state index is -4.09. The first-order valence-corrected chi connectivity index (χ1v) is 14.8. The molecule has 216 valence electrons. The lowest BCUT2D eigenvalue weighted by atomic mass is 10.2. The van der Waals surface area contributed by atoms with E-state index < -0.39 is 22.5 Å². The molecule has 9 nitrogen and oxygen atoms in total. The highest BCUT2D eigenvalue weighted by molar-refractivity contribution is 7.92. The molecule has 4 aromatic rings. The highest BCUT2D eigenvalue weighted by atomic mass is 35.5. The topological polar surface area (TPSA) is 117 Å². The van der Waals surface area contributed by atoms with Gasteiger partial charge in [0, 0.05) is 15.7 Å². The molecular weight excluding hydrogens is 599 g/mol. The molecule has 2 amide bonds. The molecule has 42 heavy (non-hydrogen) atoms. The summed E-state index contributed by atoms with van der Waals surface area (Å²) in [5, 5.41) is 7.48. The van der Waals surface area contributed by atoms with E-state index in [0.29, 0.717) is 32.6 Å². The van der Waals surface area contributed by atoms with Crippen molar-refractivity contribution in [3.63, 3.8) is 0 Å². The molecule has 0 saturated carbocycles. The maximum Gasteiger partial charge on any atom is 0.264 e. The highest BCUT2D eigenvalue weighted by Gasteiger charge is 2.28. The van der Waals surface area contributed by atoms with Crippen LogP contribution in [-0.4, -0.2) is 39.6 Å². The van der Waals surface area contributed by atoms with Gasteiger partial charge in [0.2, 0.25) is 0 Å². The van der Waals surface area contributed by atoms with Crippen molar-refractivity contribution in [3.05, 3.63) is 118 Å². The Labute approximate surface area is 253 Å². The van der Waals surface area contributed by atoms with Gasteiger partial charge in [0.05, 0.1) is 16.8 Å². The van der Waals surface area contributed by atoms with Crippen molar-refractivity contribution < 1.29 is 22.7 Å². The van der Waals surface area contributed by atoms with Crippen molar-refractivity contribution in [2.75, 3.05) is 22.8 Å². The van der Waals surface area contributed by atoms with Gasteiger partial charge >= 0.3 is 0 Å². The molecule has 0 aromatic heterocycles. The average molecular weight is 626 g/mol. The van der Waals surface area contributed by atoms with E-state index in [1.807, 2.05) is 0 Å². The first kappa shape index (κ1) is 30.6. The van der Waals surface area contributed by atoms with E-state index in [1.54, 1.807) is 85.8 Å². The Kier molecular flexibility index (Phi) is 10.2. The van der Waals surface area contributed by atoms with Crippen LogP contribution >= 0.6 is 23.2 Å². The fourth-order valence-corrected chi connectivity index (χ4v) is 5.63. The van der Waals surface area contributed by atoms with Crippen LogP contribution in [0, 0.1) is 6.92 Å². The lowest BCUT2D eigenvalue weighted by Gasteiger charge is -2.25. The Morgan fingerprint density at radius 1 is 0.881 bits per heavy atom. The van der Waals surface area contributed by atoms with Crippen molar-refractivity contribution in [1.29, 1.82) is 0 Å². The number of nitrogens with zero attached hydrogens (tertiary/aromatic N) is 2. The van der Waals surface area contributed by atoms with Gasteiger partial charge in [0.1, 0.15) is 12.3 Å². The predicted octanol–water partition coefficient (Wildman–Crippen LogP) is 5.66. The number of carbonyl (C=O) groups excluding carboxylic acids is 2. The minimum absolute atomic E-state index is 0.0323. The molecule has 0 saturated heterocycles. The Balaban J connectivity index is 1.36. The van der Waals surface area contributed by atoms with Crippen LogP contribution in [0.2, 0.25) is 10.0 Å². The van der Waals surface area contributed by atoms with Crippen LogP contribution in [0.25, 0.3) is 0 Å². The number of carbonyl (C=O) groups is 2. The summed E-state index contributed by atoms with van der Waals surface area (Å²) >= 11 is 12.1. The normalized spacial score (nSPS) is 11.2. The molecule has 0 bridgehead atoms. The van der Waals surface area contributed by atoms with Crippen molar-refractivity contribution in [1.82, 2.24) is 5.43 Å². The monoisotopic (exact) mass is 624 g/mol. The molecule has 0 heterocycles. The molecule has 0 atom stereocenters. The number of sulfonamides is 1. The quantitative estimate of drug-likeness (QED) is 0.165. The number of ether oxygens (including phenoxy) is 1. The summed E-state index contributed by atoms with van der Waals surface area (Å²) in [7, 11) is -4.09. The molecule has 12 heteroatoms. The molecule has 0 fully saturated rings. The Morgan fingerprint density at radius 2 is 1.60 bits per heavy atom. The summed E-state index contributed by atoms with van der Waals surface area (Å²) in [6, 6.07) is 26.1. The number of rotatable bonds is 11. The third-order valence-corrected chi connectivity index (χ3v) is 8.06. The van der Waals surface area contributed by atoms with Crippen LogP contribution in [0.15, 0.2) is 107 Å². The zero-order valence-corrected chi connectivity index (χ0v) is 24.7. The summed E-state index contributed by atoms with van der Waals surface area (Å²) in [5.41, 5.74) is 4.47.